The minimum absolute atomic E-state index is 0. The summed E-state index contributed by atoms with van der Waals surface area (Å²) in [5, 5.41) is 6.77. The van der Waals surface area contributed by atoms with Gasteiger partial charge in [0.25, 0.3) is 0 Å². The number of aliphatic imine (C=N–C) groups is 1. The lowest BCUT2D eigenvalue weighted by Gasteiger charge is -2.32. The molecule has 1 aliphatic carbocycles. The Kier molecular flexibility index (Phi) is 10.7. The van der Waals surface area contributed by atoms with Crippen molar-refractivity contribution < 1.29 is 4.74 Å². The summed E-state index contributed by atoms with van der Waals surface area (Å²) in [6.07, 6.45) is 5.19. The van der Waals surface area contributed by atoms with Crippen LogP contribution in [0.4, 0.5) is 0 Å². The van der Waals surface area contributed by atoms with E-state index < -0.39 is 0 Å². The van der Waals surface area contributed by atoms with Crippen LogP contribution in [0.2, 0.25) is 0 Å². The number of nitrogens with zero attached hydrogens (tertiary/aromatic N) is 1. The van der Waals surface area contributed by atoms with E-state index in [1.807, 2.05) is 7.05 Å². The van der Waals surface area contributed by atoms with Gasteiger partial charge in [-0.15, -0.1) is 24.0 Å². The summed E-state index contributed by atoms with van der Waals surface area (Å²) in [4.78, 5) is 4.25. The molecule has 19 heavy (non-hydrogen) atoms. The second-order valence-corrected chi connectivity index (χ2v) is 5.49. The molecule has 0 radical (unpaired) electrons. The molecule has 0 spiro atoms. The molecule has 0 atom stereocenters. The molecule has 0 aromatic rings. The van der Waals surface area contributed by atoms with E-state index in [1.54, 1.807) is 7.11 Å². The Bertz CT molecular complexity index is 251. The van der Waals surface area contributed by atoms with Gasteiger partial charge < -0.3 is 15.4 Å². The van der Waals surface area contributed by atoms with Crippen LogP contribution >= 0.6 is 24.0 Å². The first kappa shape index (κ1) is 19.0. The molecule has 0 aromatic heterocycles. The van der Waals surface area contributed by atoms with E-state index in [0.29, 0.717) is 12.6 Å². The van der Waals surface area contributed by atoms with E-state index >= 15 is 0 Å². The van der Waals surface area contributed by atoms with E-state index in [9.17, 15) is 0 Å². The van der Waals surface area contributed by atoms with E-state index in [1.165, 1.54) is 25.7 Å². The zero-order valence-corrected chi connectivity index (χ0v) is 15.1. The highest BCUT2D eigenvalue weighted by molar-refractivity contribution is 14.0. The van der Waals surface area contributed by atoms with Crippen LogP contribution in [0, 0.1) is 11.8 Å². The van der Waals surface area contributed by atoms with Gasteiger partial charge in [-0.1, -0.05) is 13.8 Å². The third kappa shape index (κ3) is 7.34. The molecular formula is C14H30IN3O. The highest BCUT2D eigenvalue weighted by atomic mass is 127. The summed E-state index contributed by atoms with van der Waals surface area (Å²) in [5.74, 6) is 2.64. The van der Waals surface area contributed by atoms with Gasteiger partial charge in [0.15, 0.2) is 5.96 Å². The predicted octanol–water partition coefficient (Wildman–Crippen LogP) is 2.63. The quantitative estimate of drug-likeness (QED) is 0.332. The molecular weight excluding hydrogens is 353 g/mol. The fourth-order valence-electron chi connectivity index (χ4n) is 2.59. The van der Waals surface area contributed by atoms with E-state index in [-0.39, 0.29) is 24.0 Å². The number of methoxy groups -OCH3 is 1. The molecule has 1 fully saturated rings. The Morgan fingerprint density at radius 3 is 2.37 bits per heavy atom. The standard InChI is InChI=1S/C14H29N3O.HI/c1-11(2)12-5-7-13(8-6-12)17-14(15-3)16-9-10-18-4;/h11-13H,5-10H2,1-4H3,(H2,15,16,17);1H. The summed E-state index contributed by atoms with van der Waals surface area (Å²) >= 11 is 0. The Morgan fingerprint density at radius 2 is 1.89 bits per heavy atom. The molecule has 5 heteroatoms. The number of hydrogen-bond acceptors (Lipinski definition) is 2. The summed E-state index contributed by atoms with van der Waals surface area (Å²) in [6.45, 7) is 6.19. The topological polar surface area (TPSA) is 45.7 Å². The zero-order chi connectivity index (χ0) is 13.4. The molecule has 0 unspecified atom stereocenters. The molecule has 1 rings (SSSR count). The normalized spacial score (nSPS) is 23.9. The Hall–Kier alpha value is -0.0400. The van der Waals surface area contributed by atoms with Crippen LogP contribution < -0.4 is 10.6 Å². The van der Waals surface area contributed by atoms with Crippen molar-refractivity contribution in [3.8, 4) is 0 Å². The number of rotatable bonds is 5. The Labute approximate surface area is 135 Å². The van der Waals surface area contributed by atoms with Gasteiger partial charge in [-0.3, -0.25) is 4.99 Å². The predicted molar refractivity (Wildman–Crippen MR) is 92.4 cm³/mol. The first-order chi connectivity index (χ1) is 8.67. The molecule has 0 aliphatic heterocycles. The number of hydrogen-bond donors (Lipinski definition) is 2. The van der Waals surface area contributed by atoms with Crippen molar-refractivity contribution in [2.45, 2.75) is 45.6 Å². The first-order valence-electron chi connectivity index (χ1n) is 7.13. The summed E-state index contributed by atoms with van der Waals surface area (Å²) in [5.41, 5.74) is 0. The maximum atomic E-state index is 5.02. The lowest BCUT2D eigenvalue weighted by Crippen LogP contribution is -2.45. The number of halogens is 1. The number of guanidine groups is 1. The largest absolute Gasteiger partial charge is 0.383 e. The molecule has 0 saturated heterocycles. The van der Waals surface area contributed by atoms with Crippen LogP contribution in [0.5, 0.6) is 0 Å². The summed E-state index contributed by atoms with van der Waals surface area (Å²) in [6, 6.07) is 0.578. The monoisotopic (exact) mass is 383 g/mol. The van der Waals surface area contributed by atoms with Gasteiger partial charge in [0.1, 0.15) is 0 Å². The SMILES string of the molecule is CN=C(NCCOC)NC1CCC(C(C)C)CC1.I. The van der Waals surface area contributed by atoms with Gasteiger partial charge in [0.05, 0.1) is 6.61 Å². The number of ether oxygens (including phenoxy) is 1. The average molecular weight is 383 g/mol. The third-order valence-electron chi connectivity index (χ3n) is 3.88. The van der Waals surface area contributed by atoms with Gasteiger partial charge in [0, 0.05) is 26.7 Å². The van der Waals surface area contributed by atoms with Crippen LogP contribution in [-0.4, -0.2) is 39.3 Å². The molecule has 4 nitrogen and oxygen atoms in total. The van der Waals surface area contributed by atoms with E-state index in [2.05, 4.69) is 29.5 Å². The average Bonchev–Trinajstić information content (AvgIpc) is 2.38. The van der Waals surface area contributed by atoms with Crippen molar-refractivity contribution in [2.24, 2.45) is 16.8 Å². The molecule has 2 N–H and O–H groups in total. The number of nitrogens with one attached hydrogen (secondary N) is 2. The molecule has 0 aromatic carbocycles. The van der Waals surface area contributed by atoms with Gasteiger partial charge >= 0.3 is 0 Å². The van der Waals surface area contributed by atoms with Gasteiger partial charge in [-0.25, -0.2) is 0 Å². The molecule has 1 saturated carbocycles. The molecule has 0 heterocycles. The summed E-state index contributed by atoms with van der Waals surface area (Å²) in [7, 11) is 3.53. The van der Waals surface area contributed by atoms with E-state index in [0.717, 1.165) is 24.3 Å². The first-order valence-corrected chi connectivity index (χ1v) is 7.13. The minimum atomic E-state index is 0. The van der Waals surface area contributed by atoms with Crippen molar-refractivity contribution in [2.75, 3.05) is 27.3 Å². The smallest absolute Gasteiger partial charge is 0.191 e. The van der Waals surface area contributed by atoms with Crippen LogP contribution in [-0.2, 0) is 4.74 Å². The van der Waals surface area contributed by atoms with Crippen LogP contribution in [0.25, 0.3) is 0 Å². The van der Waals surface area contributed by atoms with Gasteiger partial charge in [0.2, 0.25) is 0 Å². The lowest BCUT2D eigenvalue weighted by atomic mass is 9.80. The highest BCUT2D eigenvalue weighted by Gasteiger charge is 2.23. The minimum Gasteiger partial charge on any atom is -0.383 e. The van der Waals surface area contributed by atoms with Gasteiger partial charge in [-0.2, -0.15) is 0 Å². The van der Waals surface area contributed by atoms with Crippen LogP contribution in [0.15, 0.2) is 4.99 Å². The van der Waals surface area contributed by atoms with E-state index in [4.69, 9.17) is 4.74 Å². The Balaban J connectivity index is 0.00000324. The second-order valence-electron chi connectivity index (χ2n) is 5.49. The molecule has 1 aliphatic rings. The third-order valence-corrected chi connectivity index (χ3v) is 3.88. The lowest BCUT2D eigenvalue weighted by molar-refractivity contribution is 0.203. The summed E-state index contributed by atoms with van der Waals surface area (Å²) < 4.78 is 5.02. The van der Waals surface area contributed by atoms with Gasteiger partial charge in [-0.05, 0) is 37.5 Å². The van der Waals surface area contributed by atoms with Crippen molar-refractivity contribution in [3.63, 3.8) is 0 Å². The van der Waals surface area contributed by atoms with Crippen molar-refractivity contribution >= 4 is 29.9 Å². The van der Waals surface area contributed by atoms with Crippen LogP contribution in [0.3, 0.4) is 0 Å². The Morgan fingerprint density at radius 1 is 1.26 bits per heavy atom. The molecule has 114 valence electrons. The van der Waals surface area contributed by atoms with Crippen molar-refractivity contribution in [1.29, 1.82) is 0 Å². The maximum Gasteiger partial charge on any atom is 0.191 e. The van der Waals surface area contributed by atoms with Crippen molar-refractivity contribution in [1.82, 2.24) is 10.6 Å². The second kappa shape index (κ2) is 10.7. The molecule has 0 amide bonds. The van der Waals surface area contributed by atoms with Crippen LogP contribution in [0.1, 0.15) is 39.5 Å². The molecule has 0 bridgehead atoms. The zero-order valence-electron chi connectivity index (χ0n) is 12.7. The fourth-order valence-corrected chi connectivity index (χ4v) is 2.59. The maximum absolute atomic E-state index is 5.02. The highest BCUT2D eigenvalue weighted by Crippen LogP contribution is 2.29. The van der Waals surface area contributed by atoms with Crippen molar-refractivity contribution in [3.05, 3.63) is 0 Å². The fraction of sp³-hybridized carbons (Fsp3) is 0.929.